The fourth-order valence-corrected chi connectivity index (χ4v) is 4.23. The number of amides is 1. The molecule has 1 amide bonds. The van der Waals surface area contributed by atoms with E-state index in [4.69, 9.17) is 12.2 Å². The first-order valence-corrected chi connectivity index (χ1v) is 10.6. The highest BCUT2D eigenvalue weighted by Crippen LogP contribution is 2.29. The van der Waals surface area contributed by atoms with Crippen molar-refractivity contribution in [1.82, 2.24) is 5.32 Å². The highest BCUT2D eigenvalue weighted by Gasteiger charge is 2.19. The van der Waals surface area contributed by atoms with Gasteiger partial charge in [0, 0.05) is 11.8 Å². The summed E-state index contributed by atoms with van der Waals surface area (Å²) >= 11 is 6.87. The van der Waals surface area contributed by atoms with Gasteiger partial charge in [0.05, 0.1) is 9.76 Å². The van der Waals surface area contributed by atoms with Crippen molar-refractivity contribution in [1.29, 1.82) is 0 Å². The molecule has 24 heavy (non-hydrogen) atoms. The van der Waals surface area contributed by atoms with Gasteiger partial charge in [0.2, 0.25) is 6.41 Å². The lowest BCUT2D eigenvalue weighted by atomic mass is 10.0. The van der Waals surface area contributed by atoms with Crippen LogP contribution in [0.3, 0.4) is 0 Å². The molecule has 2 aromatic carbocycles. The van der Waals surface area contributed by atoms with Crippen molar-refractivity contribution in [3.05, 3.63) is 54.1 Å². The number of carbonyl (C=O) groups excluding carboxylic acids is 1. The van der Waals surface area contributed by atoms with Gasteiger partial charge < -0.3 is 5.32 Å². The van der Waals surface area contributed by atoms with Gasteiger partial charge in [-0.15, -0.1) is 11.8 Å². The topological polar surface area (TPSA) is 63.2 Å². The molecule has 0 radical (unpaired) electrons. The normalized spacial score (nSPS) is 12.4. The number of hydrogen-bond acceptors (Lipinski definition) is 5. The van der Waals surface area contributed by atoms with E-state index >= 15 is 0 Å². The number of thioether (sulfide) groups is 1. The molecule has 0 heterocycles. The molecule has 0 fully saturated rings. The molecule has 2 rings (SSSR count). The van der Waals surface area contributed by atoms with Crippen LogP contribution in [0.5, 0.6) is 0 Å². The van der Waals surface area contributed by atoms with Crippen molar-refractivity contribution >= 4 is 45.1 Å². The average molecular weight is 380 g/mol. The van der Waals surface area contributed by atoms with Gasteiger partial charge in [-0.05, 0) is 29.5 Å². The van der Waals surface area contributed by atoms with Crippen LogP contribution in [-0.4, -0.2) is 37.6 Å². The van der Waals surface area contributed by atoms with Crippen molar-refractivity contribution < 1.29 is 13.2 Å². The molecule has 0 aliphatic rings. The second-order valence-corrected chi connectivity index (χ2v) is 8.48. The second-order valence-electron chi connectivity index (χ2n) is 5.11. The standard InChI is InChI=1S/C17H17NO3S3/c1-23-17(18-11-19)16(22)13-8-9-15(24(2,20)21)14(10-13)12-6-4-3-5-7-12/h3-11,17H,1-2H3,(H,18,19). The van der Waals surface area contributed by atoms with E-state index in [2.05, 4.69) is 5.32 Å². The number of carbonyl (C=O) groups is 1. The summed E-state index contributed by atoms with van der Waals surface area (Å²) in [6, 6.07) is 14.3. The predicted molar refractivity (Wildman–Crippen MR) is 103 cm³/mol. The van der Waals surface area contributed by atoms with Crippen molar-refractivity contribution in [2.75, 3.05) is 12.5 Å². The number of hydrogen-bond donors (Lipinski definition) is 1. The minimum absolute atomic E-state index is 0.254. The van der Waals surface area contributed by atoms with E-state index in [1.54, 1.807) is 18.2 Å². The third-order valence-electron chi connectivity index (χ3n) is 3.44. The number of rotatable bonds is 7. The number of nitrogens with one attached hydrogen (secondary N) is 1. The Morgan fingerprint density at radius 2 is 1.88 bits per heavy atom. The van der Waals surface area contributed by atoms with E-state index in [1.165, 1.54) is 18.0 Å². The lowest BCUT2D eigenvalue weighted by Crippen LogP contribution is -2.32. The van der Waals surface area contributed by atoms with E-state index in [0.29, 0.717) is 22.4 Å². The summed E-state index contributed by atoms with van der Waals surface area (Å²) in [6.07, 6.45) is 3.64. The molecule has 0 spiro atoms. The zero-order chi connectivity index (χ0) is 17.7. The zero-order valence-electron chi connectivity index (χ0n) is 13.2. The maximum Gasteiger partial charge on any atom is 0.208 e. The molecular weight excluding hydrogens is 362 g/mol. The Balaban J connectivity index is 2.59. The van der Waals surface area contributed by atoms with Crippen LogP contribution in [0.1, 0.15) is 5.56 Å². The summed E-state index contributed by atoms with van der Waals surface area (Å²) in [4.78, 5) is 11.5. The van der Waals surface area contributed by atoms with Crippen LogP contribution >= 0.6 is 24.0 Å². The van der Waals surface area contributed by atoms with Gasteiger partial charge in [-0.1, -0.05) is 48.6 Å². The molecule has 7 heteroatoms. The molecule has 126 valence electrons. The Labute approximate surface area is 151 Å². The molecule has 0 bridgehead atoms. The van der Waals surface area contributed by atoms with Gasteiger partial charge in [-0.2, -0.15) is 0 Å². The summed E-state index contributed by atoms with van der Waals surface area (Å²) < 4.78 is 24.2. The van der Waals surface area contributed by atoms with Crippen LogP contribution < -0.4 is 5.32 Å². The highest BCUT2D eigenvalue weighted by atomic mass is 32.2. The Morgan fingerprint density at radius 1 is 1.21 bits per heavy atom. The van der Waals surface area contributed by atoms with E-state index in [1.807, 2.05) is 36.6 Å². The molecule has 0 aliphatic carbocycles. The van der Waals surface area contributed by atoms with Crippen LogP contribution in [0.2, 0.25) is 0 Å². The van der Waals surface area contributed by atoms with Gasteiger partial charge >= 0.3 is 0 Å². The number of thiocarbonyl (C=S) groups is 1. The molecule has 2 aromatic rings. The lowest BCUT2D eigenvalue weighted by Gasteiger charge is -2.17. The molecule has 1 N–H and O–H groups in total. The minimum Gasteiger partial charge on any atom is -0.342 e. The third-order valence-corrected chi connectivity index (χ3v) is 6.06. The van der Waals surface area contributed by atoms with Crippen molar-refractivity contribution in [2.24, 2.45) is 0 Å². The molecule has 0 aromatic heterocycles. The zero-order valence-corrected chi connectivity index (χ0v) is 15.7. The Morgan fingerprint density at radius 3 is 2.42 bits per heavy atom. The van der Waals surface area contributed by atoms with Crippen LogP contribution in [0.25, 0.3) is 11.1 Å². The molecule has 0 saturated carbocycles. The van der Waals surface area contributed by atoms with Gasteiger partial charge in [-0.3, -0.25) is 4.79 Å². The Hall–Kier alpha value is -1.70. The van der Waals surface area contributed by atoms with Crippen LogP contribution in [0, 0.1) is 0 Å². The first-order valence-electron chi connectivity index (χ1n) is 7.04. The minimum atomic E-state index is -3.38. The molecule has 1 atom stereocenters. The molecule has 0 saturated heterocycles. The monoisotopic (exact) mass is 379 g/mol. The SMILES string of the molecule is CSC(NC=O)C(=S)c1ccc(S(C)(=O)=O)c(-c2ccccc2)c1. The van der Waals surface area contributed by atoms with Crippen LogP contribution in [-0.2, 0) is 14.6 Å². The summed E-state index contributed by atoms with van der Waals surface area (Å²) in [5.74, 6) is 0. The molecule has 1 unspecified atom stereocenters. The van der Waals surface area contributed by atoms with Crippen molar-refractivity contribution in [2.45, 2.75) is 10.3 Å². The van der Waals surface area contributed by atoms with Gasteiger partial charge in [0.1, 0.15) is 5.37 Å². The maximum atomic E-state index is 12.1. The molecule has 4 nitrogen and oxygen atoms in total. The third kappa shape index (κ3) is 4.23. The van der Waals surface area contributed by atoms with Crippen LogP contribution in [0.15, 0.2) is 53.4 Å². The van der Waals surface area contributed by atoms with Gasteiger partial charge in [0.15, 0.2) is 9.84 Å². The van der Waals surface area contributed by atoms with Gasteiger partial charge in [0.25, 0.3) is 0 Å². The maximum absolute atomic E-state index is 12.1. The van der Waals surface area contributed by atoms with E-state index in [0.717, 1.165) is 5.56 Å². The summed E-state index contributed by atoms with van der Waals surface area (Å²) in [7, 11) is -3.38. The van der Waals surface area contributed by atoms with E-state index < -0.39 is 9.84 Å². The average Bonchev–Trinajstić information content (AvgIpc) is 2.58. The van der Waals surface area contributed by atoms with E-state index in [-0.39, 0.29) is 10.3 Å². The Kier molecular flexibility index (Phi) is 6.15. The van der Waals surface area contributed by atoms with Gasteiger partial charge in [-0.25, -0.2) is 8.42 Å². The summed E-state index contributed by atoms with van der Waals surface area (Å²) in [5, 5.41) is 2.32. The Bertz CT molecular complexity index is 849. The van der Waals surface area contributed by atoms with Crippen molar-refractivity contribution in [3.63, 3.8) is 0 Å². The lowest BCUT2D eigenvalue weighted by molar-refractivity contribution is -0.109. The fourth-order valence-electron chi connectivity index (χ4n) is 2.31. The number of sulfone groups is 1. The highest BCUT2D eigenvalue weighted by molar-refractivity contribution is 8.01. The van der Waals surface area contributed by atoms with Crippen molar-refractivity contribution in [3.8, 4) is 11.1 Å². The quantitative estimate of drug-likeness (QED) is 0.347. The van der Waals surface area contributed by atoms with E-state index in [9.17, 15) is 13.2 Å². The van der Waals surface area contributed by atoms with Crippen LogP contribution in [0.4, 0.5) is 0 Å². The summed E-state index contributed by atoms with van der Waals surface area (Å²) in [5.41, 5.74) is 2.11. The predicted octanol–water partition coefficient (Wildman–Crippen LogP) is 2.91. The fraction of sp³-hybridized carbons (Fsp3) is 0.176. The number of benzene rings is 2. The summed E-state index contributed by atoms with van der Waals surface area (Å²) in [6.45, 7) is 0. The first-order chi connectivity index (χ1) is 11.4. The first kappa shape index (κ1) is 18.6. The molecular formula is C17H17NO3S3. The molecule has 0 aliphatic heterocycles. The largest absolute Gasteiger partial charge is 0.342 e. The second kappa shape index (κ2) is 7.92. The smallest absolute Gasteiger partial charge is 0.208 e.